The summed E-state index contributed by atoms with van der Waals surface area (Å²) in [4.78, 5) is 2.07. The highest BCUT2D eigenvalue weighted by Crippen LogP contribution is 2.60. The van der Waals surface area contributed by atoms with Gasteiger partial charge in [0.1, 0.15) is 23.0 Å². The van der Waals surface area contributed by atoms with Crippen LogP contribution in [0.2, 0.25) is 0 Å². The summed E-state index contributed by atoms with van der Waals surface area (Å²) in [6, 6.07) is 79.2. The first-order valence-electron chi connectivity index (χ1n) is 28.2. The van der Waals surface area contributed by atoms with Gasteiger partial charge in [-0.25, -0.2) is 26.3 Å². The van der Waals surface area contributed by atoms with Gasteiger partial charge in [0.15, 0.2) is 34.9 Å². The third kappa shape index (κ3) is 9.01. The number of hydrogen-bond donors (Lipinski definition) is 0. The molecule has 0 aromatic heterocycles. The Morgan fingerprint density at radius 1 is 0.299 bits per heavy atom. The molecule has 3 nitrogen and oxygen atoms in total. The van der Waals surface area contributed by atoms with Crippen LogP contribution >= 0.6 is 0 Å². The lowest BCUT2D eigenvalue weighted by Crippen LogP contribution is -2.30. The summed E-state index contributed by atoms with van der Waals surface area (Å²) in [5.74, 6) is -6.40. The Morgan fingerprint density at radius 2 is 0.632 bits per heavy atom. The Labute approximate surface area is 499 Å². The van der Waals surface area contributed by atoms with Crippen molar-refractivity contribution in [2.24, 2.45) is 0 Å². The minimum atomic E-state index is -1.59. The van der Waals surface area contributed by atoms with Gasteiger partial charge in [0.25, 0.3) is 0 Å². The van der Waals surface area contributed by atoms with E-state index < -0.39 is 45.7 Å². The highest BCUT2D eigenvalue weighted by Gasteiger charge is 2.49. The van der Waals surface area contributed by atoms with E-state index in [4.69, 9.17) is 9.47 Å². The van der Waals surface area contributed by atoms with E-state index in [1.165, 1.54) is 0 Å². The molecule has 12 aromatic carbocycles. The summed E-state index contributed by atoms with van der Waals surface area (Å²) in [6.07, 6.45) is 3.48. The molecule has 0 saturated heterocycles. The topological polar surface area (TPSA) is 21.7 Å². The molecule has 0 saturated carbocycles. The van der Waals surface area contributed by atoms with Crippen LogP contribution in [0.1, 0.15) is 55.6 Å². The number of fused-ring (bicyclic) bond motifs is 6. The molecule has 0 spiro atoms. The molecule has 0 amide bonds. The molecule has 420 valence electrons. The Morgan fingerprint density at radius 3 is 1.02 bits per heavy atom. The highest BCUT2D eigenvalue weighted by molar-refractivity contribution is 5.92. The number of halogens is 6. The molecule has 14 rings (SSSR count). The van der Waals surface area contributed by atoms with Crippen LogP contribution in [0.15, 0.2) is 274 Å². The predicted octanol–water partition coefficient (Wildman–Crippen LogP) is 21.3. The van der Waals surface area contributed by atoms with Gasteiger partial charge in [0, 0.05) is 17.1 Å². The molecule has 0 heterocycles. The molecular formula is C78H49F6NO2. The fourth-order valence-corrected chi connectivity index (χ4v) is 13.0. The maximum Gasteiger partial charge on any atom is 0.194 e. The van der Waals surface area contributed by atoms with Gasteiger partial charge in [-0.05, 0) is 198 Å². The first-order chi connectivity index (χ1) is 42.5. The van der Waals surface area contributed by atoms with E-state index in [1.54, 1.807) is 36.4 Å². The molecular weight excluding hydrogens is 1100 g/mol. The van der Waals surface area contributed by atoms with Crippen LogP contribution < -0.4 is 14.4 Å². The van der Waals surface area contributed by atoms with Crippen LogP contribution in [0.3, 0.4) is 0 Å². The summed E-state index contributed by atoms with van der Waals surface area (Å²) >= 11 is 0. The monoisotopic (exact) mass is 1150 g/mol. The summed E-state index contributed by atoms with van der Waals surface area (Å²) in [6.45, 7) is 7.70. The van der Waals surface area contributed by atoms with Gasteiger partial charge in [-0.3, -0.25) is 0 Å². The molecule has 0 bridgehead atoms. The average molecular weight is 1150 g/mol. The summed E-state index contributed by atoms with van der Waals surface area (Å²) in [5.41, 5.74) is 10.2. The van der Waals surface area contributed by atoms with Crippen LogP contribution in [0, 0.1) is 34.9 Å². The van der Waals surface area contributed by atoms with Gasteiger partial charge in [0.05, 0.1) is 10.8 Å². The standard InChI is InChI=1S/C78H49F6NO2/c1-3-48-18-32-59(33-19-48)86-61-36-24-52(25-37-61)77(54-42-71(79)75(83)72(80)43-54)67-16-10-8-14-63(67)65-40-30-57(46-69(65)77)85(56-28-22-51(23-29-56)50-12-6-5-7-13-50)58-31-41-66-64-15-9-11-17-68(64)78(70(66)47-58,55-44-73(81)76(84)74(82)45-55)53-26-38-62(39-27-53)87-60-34-20-49(4-2)21-35-60/h3-47H,1-2H2. The number of ether oxygens (including phenoxy) is 2. The zero-order chi connectivity index (χ0) is 59.6. The second-order valence-corrected chi connectivity index (χ2v) is 21.6. The van der Waals surface area contributed by atoms with Crippen molar-refractivity contribution >= 4 is 29.2 Å². The molecule has 0 radical (unpaired) electrons. The van der Waals surface area contributed by atoms with Crippen molar-refractivity contribution in [3.05, 3.63) is 365 Å². The SMILES string of the molecule is C=Cc1ccc(Oc2ccc(C3(c4cc(F)c(F)c(F)c4)c4ccccc4-c4ccc(N(c5ccc(-c6ccccc6)cc5)c5ccc6c(c5)C(c5ccc(Oc7ccc(C=C)cc7)cc5)(c5cc(F)c(F)c(F)c5)c5ccccc5-6)cc43)cc2)cc1. The van der Waals surface area contributed by atoms with E-state index in [0.717, 1.165) is 68.8 Å². The van der Waals surface area contributed by atoms with Gasteiger partial charge >= 0.3 is 0 Å². The molecule has 2 unspecified atom stereocenters. The van der Waals surface area contributed by atoms with Crippen LogP contribution in [-0.2, 0) is 10.8 Å². The quantitative estimate of drug-likeness (QED) is 0.0800. The third-order valence-electron chi connectivity index (χ3n) is 16.9. The van der Waals surface area contributed by atoms with Crippen molar-refractivity contribution in [2.75, 3.05) is 4.90 Å². The summed E-state index contributed by atoms with van der Waals surface area (Å²) in [7, 11) is 0. The number of rotatable bonds is 14. The van der Waals surface area contributed by atoms with Crippen molar-refractivity contribution in [2.45, 2.75) is 10.8 Å². The Bertz CT molecular complexity index is 4360. The summed E-state index contributed by atoms with van der Waals surface area (Å²) in [5, 5.41) is 0. The van der Waals surface area contributed by atoms with Crippen molar-refractivity contribution in [1.82, 2.24) is 0 Å². The lowest BCUT2D eigenvalue weighted by Gasteiger charge is -2.36. The van der Waals surface area contributed by atoms with Crippen molar-refractivity contribution in [3.8, 4) is 56.4 Å². The maximum atomic E-state index is 16.1. The van der Waals surface area contributed by atoms with E-state index in [0.29, 0.717) is 73.4 Å². The first kappa shape index (κ1) is 54.1. The number of benzene rings is 12. The minimum absolute atomic E-state index is 0.149. The van der Waals surface area contributed by atoms with Crippen molar-refractivity contribution < 1.29 is 35.8 Å². The highest BCUT2D eigenvalue weighted by atomic mass is 19.2. The third-order valence-corrected chi connectivity index (χ3v) is 16.9. The average Bonchev–Trinajstić information content (AvgIpc) is 1.70. The molecule has 0 aliphatic heterocycles. The molecule has 2 atom stereocenters. The molecule has 0 fully saturated rings. The normalized spacial score (nSPS) is 15.2. The second-order valence-electron chi connectivity index (χ2n) is 21.6. The van der Waals surface area contributed by atoms with E-state index >= 15 is 26.3 Å². The fraction of sp³-hybridized carbons (Fsp3) is 0.0256. The van der Waals surface area contributed by atoms with Crippen LogP contribution in [0.25, 0.3) is 45.5 Å². The lowest BCUT2D eigenvalue weighted by atomic mass is 9.67. The number of hydrogen-bond acceptors (Lipinski definition) is 3. The van der Waals surface area contributed by atoms with Gasteiger partial charge in [-0.1, -0.05) is 177 Å². The molecule has 2 aliphatic rings. The smallest absolute Gasteiger partial charge is 0.194 e. The predicted molar refractivity (Wildman–Crippen MR) is 334 cm³/mol. The molecule has 12 aromatic rings. The summed E-state index contributed by atoms with van der Waals surface area (Å²) < 4.78 is 108. The van der Waals surface area contributed by atoms with Gasteiger partial charge in [-0.2, -0.15) is 0 Å². The molecule has 0 N–H and O–H groups in total. The van der Waals surface area contributed by atoms with E-state index in [1.807, 2.05) is 212 Å². The van der Waals surface area contributed by atoms with E-state index in [2.05, 4.69) is 18.1 Å². The number of nitrogens with zero attached hydrogens (tertiary/aromatic N) is 1. The first-order valence-corrected chi connectivity index (χ1v) is 28.2. The second kappa shape index (κ2) is 21.6. The Hall–Kier alpha value is -10.9. The van der Waals surface area contributed by atoms with Gasteiger partial charge in [-0.15, -0.1) is 0 Å². The van der Waals surface area contributed by atoms with Gasteiger partial charge in [0.2, 0.25) is 0 Å². The van der Waals surface area contributed by atoms with Crippen molar-refractivity contribution in [1.29, 1.82) is 0 Å². The van der Waals surface area contributed by atoms with Crippen LogP contribution in [0.5, 0.6) is 23.0 Å². The van der Waals surface area contributed by atoms with Gasteiger partial charge < -0.3 is 14.4 Å². The Kier molecular flexibility index (Phi) is 13.4. The van der Waals surface area contributed by atoms with Crippen molar-refractivity contribution in [3.63, 3.8) is 0 Å². The lowest BCUT2D eigenvalue weighted by molar-refractivity contribution is 0.443. The minimum Gasteiger partial charge on any atom is -0.457 e. The van der Waals surface area contributed by atoms with Crippen LogP contribution in [0.4, 0.5) is 43.4 Å². The van der Waals surface area contributed by atoms with Crippen LogP contribution in [-0.4, -0.2) is 0 Å². The number of anilines is 3. The molecule has 87 heavy (non-hydrogen) atoms. The fourth-order valence-electron chi connectivity index (χ4n) is 13.0. The van der Waals surface area contributed by atoms with E-state index in [9.17, 15) is 0 Å². The Balaban J connectivity index is 0.993. The zero-order valence-electron chi connectivity index (χ0n) is 46.4. The zero-order valence-corrected chi connectivity index (χ0v) is 46.4. The molecule has 2 aliphatic carbocycles. The van der Waals surface area contributed by atoms with E-state index in [-0.39, 0.29) is 11.1 Å². The molecule has 9 heteroatoms. The largest absolute Gasteiger partial charge is 0.457 e. The maximum absolute atomic E-state index is 16.1.